The molecule has 1 aromatic carbocycles. The van der Waals surface area contributed by atoms with Gasteiger partial charge in [-0.1, -0.05) is 38.8 Å². The fourth-order valence-corrected chi connectivity index (χ4v) is 3.81. The molecular weight excluding hydrogens is 366 g/mol. The molecule has 1 fully saturated rings. The Bertz CT molecular complexity index is 749. The quantitative estimate of drug-likeness (QED) is 0.472. The SMILES string of the molecule is CCCCCN1C(=O)C(c2ccc(OCCC)cc2)=C(N2CCN(C)CC2)C1=O. The molecule has 0 aromatic heterocycles. The second-order valence-electron chi connectivity index (χ2n) is 7.86. The van der Waals surface area contributed by atoms with Gasteiger partial charge in [-0.15, -0.1) is 0 Å². The first-order chi connectivity index (χ1) is 14.1. The highest BCUT2D eigenvalue weighted by atomic mass is 16.5. The van der Waals surface area contributed by atoms with Crippen LogP contribution in [0.2, 0.25) is 0 Å². The molecule has 29 heavy (non-hydrogen) atoms. The minimum Gasteiger partial charge on any atom is -0.494 e. The van der Waals surface area contributed by atoms with Crippen molar-refractivity contribution in [2.24, 2.45) is 0 Å². The second kappa shape index (κ2) is 9.92. The molecule has 0 saturated carbocycles. The summed E-state index contributed by atoms with van der Waals surface area (Å²) in [5.74, 6) is 0.480. The Kier molecular flexibility index (Phi) is 7.31. The van der Waals surface area contributed by atoms with Crippen molar-refractivity contribution in [2.75, 3.05) is 46.4 Å². The van der Waals surface area contributed by atoms with Crippen molar-refractivity contribution < 1.29 is 14.3 Å². The van der Waals surface area contributed by atoms with Crippen LogP contribution in [-0.2, 0) is 9.59 Å². The van der Waals surface area contributed by atoms with Gasteiger partial charge in [0.2, 0.25) is 0 Å². The number of hydrogen-bond donors (Lipinski definition) is 0. The zero-order chi connectivity index (χ0) is 20.8. The second-order valence-corrected chi connectivity index (χ2v) is 7.86. The number of ether oxygens (including phenoxy) is 1. The van der Waals surface area contributed by atoms with Crippen molar-refractivity contribution in [2.45, 2.75) is 39.5 Å². The Morgan fingerprint density at radius 2 is 1.59 bits per heavy atom. The number of unbranched alkanes of at least 4 members (excludes halogenated alkanes) is 2. The van der Waals surface area contributed by atoms with E-state index in [-0.39, 0.29) is 11.8 Å². The Labute approximate surface area is 174 Å². The maximum Gasteiger partial charge on any atom is 0.277 e. The number of benzene rings is 1. The highest BCUT2D eigenvalue weighted by Crippen LogP contribution is 2.33. The number of likely N-dealkylation sites (N-methyl/N-ethyl adjacent to an activating group) is 1. The monoisotopic (exact) mass is 399 g/mol. The van der Waals surface area contributed by atoms with Gasteiger partial charge in [0.15, 0.2) is 0 Å². The van der Waals surface area contributed by atoms with E-state index in [1.807, 2.05) is 24.3 Å². The summed E-state index contributed by atoms with van der Waals surface area (Å²) in [7, 11) is 2.08. The summed E-state index contributed by atoms with van der Waals surface area (Å²) in [6.45, 7) is 8.63. The lowest BCUT2D eigenvalue weighted by Crippen LogP contribution is -2.46. The largest absolute Gasteiger partial charge is 0.494 e. The summed E-state index contributed by atoms with van der Waals surface area (Å²) in [6.07, 6.45) is 3.86. The maximum atomic E-state index is 13.3. The van der Waals surface area contributed by atoms with Crippen LogP contribution < -0.4 is 4.74 Å². The minimum absolute atomic E-state index is 0.142. The van der Waals surface area contributed by atoms with Crippen LogP contribution in [0.1, 0.15) is 45.1 Å². The van der Waals surface area contributed by atoms with E-state index in [4.69, 9.17) is 4.74 Å². The van der Waals surface area contributed by atoms with Crippen LogP contribution in [0.15, 0.2) is 30.0 Å². The Balaban J connectivity index is 1.90. The number of piperazine rings is 1. The van der Waals surface area contributed by atoms with E-state index in [1.54, 1.807) is 0 Å². The van der Waals surface area contributed by atoms with Crippen LogP contribution in [0.3, 0.4) is 0 Å². The number of carbonyl (C=O) groups excluding carboxylic acids is 2. The van der Waals surface area contributed by atoms with Crippen LogP contribution in [-0.4, -0.2) is 72.9 Å². The van der Waals surface area contributed by atoms with E-state index in [2.05, 4.69) is 30.7 Å². The summed E-state index contributed by atoms with van der Waals surface area (Å²) < 4.78 is 5.67. The highest BCUT2D eigenvalue weighted by Gasteiger charge is 2.41. The minimum atomic E-state index is -0.165. The zero-order valence-corrected chi connectivity index (χ0v) is 17.9. The third-order valence-corrected chi connectivity index (χ3v) is 5.56. The van der Waals surface area contributed by atoms with Gasteiger partial charge in [-0.2, -0.15) is 0 Å². The molecule has 1 saturated heterocycles. The van der Waals surface area contributed by atoms with Gasteiger partial charge in [0.05, 0.1) is 12.2 Å². The third kappa shape index (κ3) is 4.81. The summed E-state index contributed by atoms with van der Waals surface area (Å²) in [5.41, 5.74) is 1.90. The van der Waals surface area contributed by atoms with Crippen LogP contribution in [0.4, 0.5) is 0 Å². The summed E-state index contributed by atoms with van der Waals surface area (Å²) >= 11 is 0. The van der Waals surface area contributed by atoms with Crippen LogP contribution in [0, 0.1) is 0 Å². The fraction of sp³-hybridized carbons (Fsp3) is 0.565. The first-order valence-electron chi connectivity index (χ1n) is 10.8. The van der Waals surface area contributed by atoms with Crippen molar-refractivity contribution in [3.05, 3.63) is 35.5 Å². The van der Waals surface area contributed by atoms with E-state index in [0.717, 1.165) is 63.2 Å². The molecule has 6 nitrogen and oxygen atoms in total. The lowest BCUT2D eigenvalue weighted by atomic mass is 10.0. The van der Waals surface area contributed by atoms with Crippen molar-refractivity contribution in [3.8, 4) is 5.75 Å². The van der Waals surface area contributed by atoms with Crippen molar-refractivity contribution in [1.82, 2.24) is 14.7 Å². The topological polar surface area (TPSA) is 53.1 Å². The smallest absolute Gasteiger partial charge is 0.277 e. The maximum absolute atomic E-state index is 13.3. The number of hydrogen-bond acceptors (Lipinski definition) is 5. The van der Waals surface area contributed by atoms with Gasteiger partial charge in [-0.05, 0) is 37.6 Å². The van der Waals surface area contributed by atoms with Gasteiger partial charge in [0.1, 0.15) is 11.4 Å². The molecule has 2 heterocycles. The molecule has 0 spiro atoms. The van der Waals surface area contributed by atoms with Gasteiger partial charge in [0.25, 0.3) is 11.8 Å². The molecule has 0 bridgehead atoms. The predicted octanol–water partition coefficient (Wildman–Crippen LogP) is 2.99. The zero-order valence-electron chi connectivity index (χ0n) is 17.9. The first-order valence-corrected chi connectivity index (χ1v) is 10.8. The molecule has 2 amide bonds. The van der Waals surface area contributed by atoms with Crippen LogP contribution >= 0.6 is 0 Å². The molecule has 6 heteroatoms. The molecule has 0 aliphatic carbocycles. The number of amides is 2. The van der Waals surface area contributed by atoms with E-state index >= 15 is 0 Å². The van der Waals surface area contributed by atoms with Crippen LogP contribution in [0.5, 0.6) is 5.75 Å². The molecule has 0 radical (unpaired) electrons. The van der Waals surface area contributed by atoms with Gasteiger partial charge in [0, 0.05) is 32.7 Å². The molecule has 3 rings (SSSR count). The average molecular weight is 400 g/mol. The molecule has 2 aliphatic rings. The molecule has 2 aliphatic heterocycles. The lowest BCUT2D eigenvalue weighted by Gasteiger charge is -2.34. The van der Waals surface area contributed by atoms with Gasteiger partial charge < -0.3 is 14.5 Å². The summed E-state index contributed by atoms with van der Waals surface area (Å²) in [6, 6.07) is 7.57. The van der Waals surface area contributed by atoms with Gasteiger partial charge >= 0.3 is 0 Å². The van der Waals surface area contributed by atoms with E-state index in [0.29, 0.717) is 24.4 Å². The molecule has 158 valence electrons. The predicted molar refractivity (Wildman–Crippen MR) is 114 cm³/mol. The number of imide groups is 1. The summed E-state index contributed by atoms with van der Waals surface area (Å²) in [4.78, 5) is 32.3. The summed E-state index contributed by atoms with van der Waals surface area (Å²) in [5, 5.41) is 0. The molecule has 0 atom stereocenters. The molecule has 0 N–H and O–H groups in total. The Hall–Kier alpha value is -2.34. The Morgan fingerprint density at radius 3 is 2.21 bits per heavy atom. The van der Waals surface area contributed by atoms with Crippen LogP contribution in [0.25, 0.3) is 5.57 Å². The molecule has 0 unspecified atom stereocenters. The van der Waals surface area contributed by atoms with Crippen molar-refractivity contribution in [1.29, 1.82) is 0 Å². The fourth-order valence-electron chi connectivity index (χ4n) is 3.81. The normalized spacial score (nSPS) is 18.2. The average Bonchev–Trinajstić information content (AvgIpc) is 2.98. The van der Waals surface area contributed by atoms with Crippen molar-refractivity contribution in [3.63, 3.8) is 0 Å². The van der Waals surface area contributed by atoms with E-state index in [9.17, 15) is 9.59 Å². The van der Waals surface area contributed by atoms with Gasteiger partial charge in [-0.25, -0.2) is 0 Å². The number of rotatable bonds is 9. The first kappa shape index (κ1) is 21.4. The number of nitrogens with zero attached hydrogens (tertiary/aromatic N) is 3. The van der Waals surface area contributed by atoms with E-state index in [1.165, 1.54) is 4.90 Å². The van der Waals surface area contributed by atoms with Gasteiger partial charge in [-0.3, -0.25) is 14.5 Å². The third-order valence-electron chi connectivity index (χ3n) is 5.56. The highest BCUT2D eigenvalue weighted by molar-refractivity contribution is 6.35. The molecular formula is C23H33N3O3. The lowest BCUT2D eigenvalue weighted by molar-refractivity contribution is -0.137. The number of carbonyl (C=O) groups is 2. The van der Waals surface area contributed by atoms with E-state index < -0.39 is 0 Å². The van der Waals surface area contributed by atoms with Crippen molar-refractivity contribution >= 4 is 17.4 Å². The standard InChI is InChI=1S/C23H33N3O3/c1-4-6-7-12-26-22(27)20(18-8-10-19(11-9-18)29-17-5-2)21(23(26)28)25-15-13-24(3)14-16-25/h8-11H,4-7,12-17H2,1-3H3. The molecule has 1 aromatic rings. The Morgan fingerprint density at radius 1 is 0.897 bits per heavy atom.